The average molecular weight is 317 g/mol. The summed E-state index contributed by atoms with van der Waals surface area (Å²) in [6.07, 6.45) is 0. The molecule has 22 heavy (non-hydrogen) atoms. The van der Waals surface area contributed by atoms with Crippen LogP contribution in [0.1, 0.15) is 5.56 Å². The molecule has 0 saturated heterocycles. The van der Waals surface area contributed by atoms with Gasteiger partial charge in [-0.15, -0.1) is 0 Å². The molecule has 1 heterocycles. The summed E-state index contributed by atoms with van der Waals surface area (Å²) in [5.41, 5.74) is 2.33. The largest absolute Gasteiger partial charge is 0.497 e. The SMILES string of the molecule is COc1ccc2cc(CNc3cccc(F)c3)c(Cl)nc2c1. The molecule has 0 saturated carbocycles. The van der Waals surface area contributed by atoms with E-state index in [1.54, 1.807) is 19.2 Å². The molecule has 112 valence electrons. The molecular weight excluding hydrogens is 303 g/mol. The molecule has 0 amide bonds. The van der Waals surface area contributed by atoms with Crippen molar-refractivity contribution in [2.75, 3.05) is 12.4 Å². The van der Waals surface area contributed by atoms with Gasteiger partial charge in [0.2, 0.25) is 0 Å². The van der Waals surface area contributed by atoms with Crippen LogP contribution in [0.25, 0.3) is 10.9 Å². The first-order valence-corrected chi connectivity index (χ1v) is 7.16. The topological polar surface area (TPSA) is 34.1 Å². The van der Waals surface area contributed by atoms with E-state index in [2.05, 4.69) is 10.3 Å². The maximum Gasteiger partial charge on any atom is 0.134 e. The van der Waals surface area contributed by atoms with Crippen LogP contribution in [-0.4, -0.2) is 12.1 Å². The van der Waals surface area contributed by atoms with Gasteiger partial charge in [-0.2, -0.15) is 0 Å². The summed E-state index contributed by atoms with van der Waals surface area (Å²) in [6, 6.07) is 13.9. The predicted octanol–water partition coefficient (Wildman–Crippen LogP) is 4.65. The monoisotopic (exact) mass is 316 g/mol. The molecule has 0 aliphatic rings. The number of hydrogen-bond donors (Lipinski definition) is 1. The number of anilines is 1. The lowest BCUT2D eigenvalue weighted by molar-refractivity contribution is 0.415. The Bertz CT molecular complexity index is 823. The standard InChI is InChI=1S/C17H14ClFN2O/c1-22-15-6-5-11-7-12(17(18)21-16(11)9-15)10-20-14-4-2-3-13(19)8-14/h2-9,20H,10H2,1H3. The summed E-state index contributed by atoms with van der Waals surface area (Å²) < 4.78 is 18.3. The van der Waals surface area contributed by atoms with E-state index >= 15 is 0 Å². The average Bonchev–Trinajstić information content (AvgIpc) is 2.52. The zero-order valence-electron chi connectivity index (χ0n) is 11.9. The molecule has 0 unspecified atom stereocenters. The lowest BCUT2D eigenvalue weighted by Gasteiger charge is -2.10. The molecule has 3 aromatic rings. The van der Waals surface area contributed by atoms with Crippen LogP contribution >= 0.6 is 11.6 Å². The molecule has 0 bridgehead atoms. The third-order valence-electron chi connectivity index (χ3n) is 3.36. The zero-order valence-corrected chi connectivity index (χ0v) is 12.7. The zero-order chi connectivity index (χ0) is 15.5. The molecule has 0 fully saturated rings. The Hall–Kier alpha value is -2.33. The van der Waals surface area contributed by atoms with Crippen LogP contribution in [0.4, 0.5) is 10.1 Å². The fraction of sp³-hybridized carbons (Fsp3) is 0.118. The predicted molar refractivity (Wildman–Crippen MR) is 87.0 cm³/mol. The summed E-state index contributed by atoms with van der Waals surface area (Å²) in [4.78, 5) is 4.39. The number of nitrogens with zero attached hydrogens (tertiary/aromatic N) is 1. The van der Waals surface area contributed by atoms with Crippen molar-refractivity contribution in [1.29, 1.82) is 0 Å². The number of fused-ring (bicyclic) bond motifs is 1. The van der Waals surface area contributed by atoms with Gasteiger partial charge in [-0.05, 0) is 36.4 Å². The second kappa shape index (κ2) is 6.20. The highest BCUT2D eigenvalue weighted by molar-refractivity contribution is 6.30. The van der Waals surface area contributed by atoms with Gasteiger partial charge in [-0.3, -0.25) is 0 Å². The Morgan fingerprint density at radius 1 is 1.18 bits per heavy atom. The lowest BCUT2D eigenvalue weighted by Crippen LogP contribution is -2.01. The van der Waals surface area contributed by atoms with Crippen LogP contribution in [-0.2, 0) is 6.54 Å². The van der Waals surface area contributed by atoms with Gasteiger partial charge < -0.3 is 10.1 Å². The Kier molecular flexibility index (Phi) is 4.11. The van der Waals surface area contributed by atoms with Crippen LogP contribution in [0.5, 0.6) is 5.75 Å². The van der Waals surface area contributed by atoms with Gasteiger partial charge in [0.05, 0.1) is 12.6 Å². The lowest BCUT2D eigenvalue weighted by atomic mass is 10.1. The summed E-state index contributed by atoms with van der Waals surface area (Å²) in [6.45, 7) is 0.469. The fourth-order valence-electron chi connectivity index (χ4n) is 2.21. The van der Waals surface area contributed by atoms with E-state index in [0.29, 0.717) is 17.4 Å². The molecule has 0 atom stereocenters. The van der Waals surface area contributed by atoms with Crippen LogP contribution in [0, 0.1) is 5.82 Å². The van der Waals surface area contributed by atoms with E-state index < -0.39 is 0 Å². The van der Waals surface area contributed by atoms with Gasteiger partial charge in [0.1, 0.15) is 16.7 Å². The molecule has 0 spiro atoms. The van der Waals surface area contributed by atoms with Gasteiger partial charge in [0.15, 0.2) is 0 Å². The van der Waals surface area contributed by atoms with Gasteiger partial charge in [-0.25, -0.2) is 9.37 Å². The minimum atomic E-state index is -0.278. The van der Waals surface area contributed by atoms with Gasteiger partial charge in [0, 0.05) is 29.2 Å². The number of hydrogen-bond acceptors (Lipinski definition) is 3. The van der Waals surface area contributed by atoms with Gasteiger partial charge >= 0.3 is 0 Å². The highest BCUT2D eigenvalue weighted by Crippen LogP contribution is 2.25. The van der Waals surface area contributed by atoms with Crippen molar-refractivity contribution in [2.24, 2.45) is 0 Å². The van der Waals surface area contributed by atoms with Crippen molar-refractivity contribution < 1.29 is 9.13 Å². The molecule has 0 aliphatic heterocycles. The molecule has 3 nitrogen and oxygen atoms in total. The quantitative estimate of drug-likeness (QED) is 0.711. The first-order chi connectivity index (χ1) is 10.7. The number of nitrogens with one attached hydrogen (secondary N) is 1. The van der Waals surface area contributed by atoms with E-state index in [4.69, 9.17) is 16.3 Å². The molecule has 3 rings (SSSR count). The van der Waals surface area contributed by atoms with E-state index in [1.165, 1.54) is 12.1 Å². The van der Waals surface area contributed by atoms with Crippen LogP contribution < -0.4 is 10.1 Å². The minimum Gasteiger partial charge on any atom is -0.497 e. The van der Waals surface area contributed by atoms with E-state index in [9.17, 15) is 4.39 Å². The second-order valence-electron chi connectivity index (χ2n) is 4.86. The van der Waals surface area contributed by atoms with Crippen molar-refractivity contribution in [3.05, 3.63) is 65.1 Å². The third kappa shape index (κ3) is 3.12. The Morgan fingerprint density at radius 3 is 2.82 bits per heavy atom. The van der Waals surface area contributed by atoms with Gasteiger partial charge in [0.25, 0.3) is 0 Å². The summed E-state index contributed by atoms with van der Waals surface area (Å²) in [7, 11) is 1.61. The number of halogens is 2. The first-order valence-electron chi connectivity index (χ1n) is 6.78. The van der Waals surface area contributed by atoms with Crippen molar-refractivity contribution in [3.8, 4) is 5.75 Å². The number of benzene rings is 2. The number of methoxy groups -OCH3 is 1. The normalized spacial score (nSPS) is 10.7. The molecular formula is C17H14ClFN2O. The molecule has 0 aliphatic carbocycles. The third-order valence-corrected chi connectivity index (χ3v) is 3.69. The van der Waals surface area contributed by atoms with E-state index in [1.807, 2.05) is 24.3 Å². The summed E-state index contributed by atoms with van der Waals surface area (Å²) >= 11 is 6.23. The van der Waals surface area contributed by atoms with Crippen molar-refractivity contribution in [2.45, 2.75) is 6.54 Å². The van der Waals surface area contributed by atoms with Gasteiger partial charge in [-0.1, -0.05) is 17.7 Å². The smallest absolute Gasteiger partial charge is 0.134 e. The molecule has 5 heteroatoms. The highest BCUT2D eigenvalue weighted by atomic mass is 35.5. The Balaban J connectivity index is 1.86. The van der Waals surface area contributed by atoms with E-state index in [0.717, 1.165) is 22.2 Å². The number of rotatable bonds is 4. The summed E-state index contributed by atoms with van der Waals surface area (Å²) in [5.74, 6) is 0.460. The minimum absolute atomic E-state index is 0.278. The molecule has 0 radical (unpaired) electrons. The second-order valence-corrected chi connectivity index (χ2v) is 5.22. The number of aromatic nitrogens is 1. The molecule has 1 N–H and O–H groups in total. The van der Waals surface area contributed by atoms with Crippen molar-refractivity contribution in [1.82, 2.24) is 4.98 Å². The highest BCUT2D eigenvalue weighted by Gasteiger charge is 2.06. The molecule has 2 aromatic carbocycles. The Labute approximate surface area is 132 Å². The van der Waals surface area contributed by atoms with Crippen molar-refractivity contribution >= 4 is 28.2 Å². The number of pyridine rings is 1. The molecule has 1 aromatic heterocycles. The summed E-state index contributed by atoms with van der Waals surface area (Å²) in [5, 5.41) is 4.54. The number of ether oxygens (including phenoxy) is 1. The van der Waals surface area contributed by atoms with E-state index in [-0.39, 0.29) is 5.82 Å². The van der Waals surface area contributed by atoms with Crippen LogP contribution in [0.2, 0.25) is 5.15 Å². The maximum atomic E-state index is 13.2. The fourth-order valence-corrected chi connectivity index (χ4v) is 2.43. The van der Waals surface area contributed by atoms with Crippen LogP contribution in [0.15, 0.2) is 48.5 Å². The first kappa shape index (κ1) is 14.6. The Morgan fingerprint density at radius 2 is 2.05 bits per heavy atom. The maximum absolute atomic E-state index is 13.2. The van der Waals surface area contributed by atoms with Crippen molar-refractivity contribution in [3.63, 3.8) is 0 Å². The van der Waals surface area contributed by atoms with Crippen LogP contribution in [0.3, 0.4) is 0 Å².